The maximum atomic E-state index is 8.86. The van der Waals surface area contributed by atoms with Crippen LogP contribution in [0.5, 0.6) is 5.75 Å². The highest BCUT2D eigenvalue weighted by Crippen LogP contribution is 2.26. The van der Waals surface area contributed by atoms with Gasteiger partial charge in [0.25, 0.3) is 0 Å². The molecule has 0 fully saturated rings. The standard InChI is InChI=1S/C22H19NO4/c1-15-20(23-22(26-15)16-6-3-2-4-7-16)14-25-18-9-10-21-17(12-18)13-19(27-21)8-5-11-24/h2-10,12-13,24H,11,14H2,1H3/b8-5+. The second-order valence-electron chi connectivity index (χ2n) is 6.11. The normalized spacial score (nSPS) is 11.5. The number of aliphatic hydroxyl groups is 1. The molecule has 0 radical (unpaired) electrons. The summed E-state index contributed by atoms with van der Waals surface area (Å²) >= 11 is 0. The molecule has 0 spiro atoms. The summed E-state index contributed by atoms with van der Waals surface area (Å²) in [5.41, 5.74) is 2.48. The molecule has 5 nitrogen and oxygen atoms in total. The number of hydrogen-bond acceptors (Lipinski definition) is 5. The van der Waals surface area contributed by atoms with Crippen LogP contribution in [0.25, 0.3) is 28.5 Å². The van der Waals surface area contributed by atoms with Gasteiger partial charge < -0.3 is 18.7 Å². The van der Waals surface area contributed by atoms with E-state index < -0.39 is 0 Å². The van der Waals surface area contributed by atoms with Crippen molar-refractivity contribution in [3.63, 3.8) is 0 Å². The Morgan fingerprint density at radius 1 is 1.07 bits per heavy atom. The van der Waals surface area contributed by atoms with E-state index in [9.17, 15) is 0 Å². The van der Waals surface area contributed by atoms with E-state index >= 15 is 0 Å². The highest BCUT2D eigenvalue weighted by Gasteiger charge is 2.12. The number of aromatic nitrogens is 1. The predicted molar refractivity (Wildman–Crippen MR) is 103 cm³/mol. The van der Waals surface area contributed by atoms with Crippen LogP contribution < -0.4 is 4.74 Å². The monoisotopic (exact) mass is 361 g/mol. The minimum atomic E-state index is -0.0204. The van der Waals surface area contributed by atoms with Gasteiger partial charge in [-0.1, -0.05) is 24.3 Å². The third-order valence-electron chi connectivity index (χ3n) is 4.18. The van der Waals surface area contributed by atoms with Crippen LogP contribution in [0.4, 0.5) is 0 Å². The van der Waals surface area contributed by atoms with Crippen molar-refractivity contribution in [1.29, 1.82) is 0 Å². The average molecular weight is 361 g/mol. The van der Waals surface area contributed by atoms with Crippen molar-refractivity contribution in [3.05, 3.63) is 77.9 Å². The van der Waals surface area contributed by atoms with E-state index in [4.69, 9.17) is 18.7 Å². The number of furan rings is 1. The van der Waals surface area contributed by atoms with Gasteiger partial charge >= 0.3 is 0 Å². The van der Waals surface area contributed by atoms with E-state index in [-0.39, 0.29) is 6.61 Å². The van der Waals surface area contributed by atoms with Crippen LogP contribution in [0.1, 0.15) is 17.2 Å². The molecule has 4 aromatic rings. The van der Waals surface area contributed by atoms with Gasteiger partial charge in [-0.3, -0.25) is 0 Å². The zero-order chi connectivity index (χ0) is 18.6. The van der Waals surface area contributed by atoms with Crippen LogP contribution in [0, 0.1) is 6.92 Å². The number of nitrogens with zero attached hydrogens (tertiary/aromatic N) is 1. The lowest BCUT2D eigenvalue weighted by Gasteiger charge is -2.04. The van der Waals surface area contributed by atoms with Crippen LogP contribution >= 0.6 is 0 Å². The summed E-state index contributed by atoms with van der Waals surface area (Å²) in [6, 6.07) is 17.3. The predicted octanol–water partition coefficient (Wildman–Crippen LogP) is 4.98. The molecule has 2 aromatic heterocycles. The van der Waals surface area contributed by atoms with Crippen LogP contribution in [0.2, 0.25) is 0 Å². The second-order valence-corrected chi connectivity index (χ2v) is 6.11. The minimum Gasteiger partial charge on any atom is -0.487 e. The Labute approximate surface area is 156 Å². The van der Waals surface area contributed by atoms with Crippen molar-refractivity contribution in [2.24, 2.45) is 0 Å². The smallest absolute Gasteiger partial charge is 0.226 e. The molecule has 4 rings (SSSR count). The first-order valence-corrected chi connectivity index (χ1v) is 8.68. The Morgan fingerprint density at radius 3 is 2.74 bits per heavy atom. The lowest BCUT2D eigenvalue weighted by molar-refractivity contribution is 0.300. The maximum absolute atomic E-state index is 8.86. The molecule has 2 heterocycles. The molecule has 0 aliphatic rings. The lowest BCUT2D eigenvalue weighted by atomic mass is 10.2. The Balaban J connectivity index is 1.50. The molecule has 0 aliphatic heterocycles. The maximum Gasteiger partial charge on any atom is 0.226 e. The van der Waals surface area contributed by atoms with Gasteiger partial charge in [0.05, 0.1) is 6.61 Å². The van der Waals surface area contributed by atoms with E-state index in [0.29, 0.717) is 18.3 Å². The summed E-state index contributed by atoms with van der Waals surface area (Å²) in [6.07, 6.45) is 3.37. The zero-order valence-electron chi connectivity index (χ0n) is 14.9. The number of benzene rings is 2. The Bertz CT molecular complexity index is 1080. The quantitative estimate of drug-likeness (QED) is 0.524. The van der Waals surface area contributed by atoms with Crippen molar-refractivity contribution < 1.29 is 18.7 Å². The zero-order valence-corrected chi connectivity index (χ0v) is 14.9. The van der Waals surface area contributed by atoms with E-state index in [1.165, 1.54) is 0 Å². The second kappa shape index (κ2) is 7.51. The molecule has 0 atom stereocenters. The number of hydrogen-bond donors (Lipinski definition) is 1. The molecule has 5 heteroatoms. The fourth-order valence-corrected chi connectivity index (χ4v) is 2.80. The number of ether oxygens (including phenoxy) is 1. The number of fused-ring (bicyclic) bond motifs is 1. The van der Waals surface area contributed by atoms with Crippen LogP contribution in [0.3, 0.4) is 0 Å². The molecule has 1 N–H and O–H groups in total. The van der Waals surface area contributed by atoms with Crippen molar-refractivity contribution >= 4 is 17.0 Å². The Hall–Kier alpha value is -3.31. The fourth-order valence-electron chi connectivity index (χ4n) is 2.80. The first kappa shape index (κ1) is 17.1. The van der Waals surface area contributed by atoms with Crippen molar-refractivity contribution in [1.82, 2.24) is 4.98 Å². The topological polar surface area (TPSA) is 68.6 Å². The van der Waals surface area contributed by atoms with Gasteiger partial charge in [-0.2, -0.15) is 0 Å². The molecular formula is C22H19NO4. The third kappa shape index (κ3) is 3.78. The van der Waals surface area contributed by atoms with E-state index in [0.717, 1.165) is 33.7 Å². The molecular weight excluding hydrogens is 342 g/mol. The summed E-state index contributed by atoms with van der Waals surface area (Å²) in [5.74, 6) is 2.76. The molecule has 0 amide bonds. The molecule has 0 aliphatic carbocycles. The SMILES string of the molecule is Cc1oc(-c2ccccc2)nc1COc1ccc2oc(/C=C/CO)cc2c1. The van der Waals surface area contributed by atoms with Crippen LogP contribution in [-0.4, -0.2) is 16.7 Å². The summed E-state index contributed by atoms with van der Waals surface area (Å²) in [4.78, 5) is 4.55. The number of rotatable bonds is 6. The number of aryl methyl sites for hydroxylation is 1. The molecule has 0 unspecified atom stereocenters. The van der Waals surface area contributed by atoms with Crippen LogP contribution in [-0.2, 0) is 6.61 Å². The largest absolute Gasteiger partial charge is 0.487 e. The van der Waals surface area contributed by atoms with E-state index in [1.54, 1.807) is 12.2 Å². The van der Waals surface area contributed by atoms with Gasteiger partial charge in [-0.25, -0.2) is 4.98 Å². The lowest BCUT2D eigenvalue weighted by Crippen LogP contribution is -1.97. The Morgan fingerprint density at radius 2 is 1.93 bits per heavy atom. The van der Waals surface area contributed by atoms with Gasteiger partial charge in [0, 0.05) is 10.9 Å². The highest BCUT2D eigenvalue weighted by molar-refractivity contribution is 5.81. The average Bonchev–Trinajstić information content (AvgIpc) is 3.28. The molecule has 0 saturated carbocycles. The van der Waals surface area contributed by atoms with Crippen molar-refractivity contribution in [3.8, 4) is 17.2 Å². The molecule has 27 heavy (non-hydrogen) atoms. The molecule has 0 bridgehead atoms. The number of aliphatic hydroxyl groups excluding tert-OH is 1. The molecule has 136 valence electrons. The molecule has 0 saturated heterocycles. The highest BCUT2D eigenvalue weighted by atomic mass is 16.5. The number of oxazole rings is 1. The van der Waals surface area contributed by atoms with Gasteiger partial charge in [0.15, 0.2) is 0 Å². The van der Waals surface area contributed by atoms with Gasteiger partial charge in [0.1, 0.15) is 35.2 Å². The first-order chi connectivity index (χ1) is 13.2. The first-order valence-electron chi connectivity index (χ1n) is 8.68. The molecule has 2 aromatic carbocycles. The van der Waals surface area contributed by atoms with E-state index in [1.807, 2.05) is 61.5 Å². The summed E-state index contributed by atoms with van der Waals surface area (Å²) < 4.78 is 17.3. The van der Waals surface area contributed by atoms with Crippen molar-refractivity contribution in [2.45, 2.75) is 13.5 Å². The summed E-state index contributed by atoms with van der Waals surface area (Å²) in [5, 5.41) is 9.80. The van der Waals surface area contributed by atoms with Gasteiger partial charge in [-0.15, -0.1) is 0 Å². The third-order valence-corrected chi connectivity index (χ3v) is 4.18. The van der Waals surface area contributed by atoms with Crippen LogP contribution in [0.15, 0.2) is 69.5 Å². The van der Waals surface area contributed by atoms with Crippen molar-refractivity contribution in [2.75, 3.05) is 6.61 Å². The summed E-state index contributed by atoms with van der Waals surface area (Å²) in [6.45, 7) is 2.19. The minimum absolute atomic E-state index is 0.0204. The van der Waals surface area contributed by atoms with Gasteiger partial charge in [0.2, 0.25) is 5.89 Å². The van der Waals surface area contributed by atoms with E-state index in [2.05, 4.69) is 4.98 Å². The Kier molecular flexibility index (Phi) is 4.77. The van der Waals surface area contributed by atoms with Gasteiger partial charge in [-0.05, 0) is 49.4 Å². The fraction of sp³-hybridized carbons (Fsp3) is 0.136. The summed E-state index contributed by atoms with van der Waals surface area (Å²) in [7, 11) is 0.